The van der Waals surface area contributed by atoms with Gasteiger partial charge >= 0.3 is 0 Å². The van der Waals surface area contributed by atoms with Gasteiger partial charge < -0.3 is 0 Å². The van der Waals surface area contributed by atoms with Crippen molar-refractivity contribution in [2.24, 2.45) is 5.92 Å². The molecule has 0 fully saturated rings. The molecule has 0 saturated carbocycles. The van der Waals surface area contributed by atoms with Crippen LogP contribution in [0.1, 0.15) is 33.0 Å². The number of fused-ring (bicyclic) bond motifs is 1. The molecule has 2 rings (SSSR count). The van der Waals surface area contributed by atoms with Crippen LogP contribution >= 0.6 is 22.6 Å². The highest BCUT2D eigenvalue weighted by Gasteiger charge is 2.42. The fraction of sp³-hybridized carbons (Fsp3) is 0.133. The first kappa shape index (κ1) is 14.7. The number of halogens is 1. The van der Waals surface area contributed by atoms with Gasteiger partial charge in [0.25, 0.3) is 0 Å². The van der Waals surface area contributed by atoms with Crippen molar-refractivity contribution in [1.82, 2.24) is 0 Å². The van der Waals surface area contributed by atoms with Crippen LogP contribution in [-0.4, -0.2) is 5.78 Å². The van der Waals surface area contributed by atoms with Crippen LogP contribution in [0.3, 0.4) is 0 Å². The molecule has 1 aliphatic rings. The van der Waals surface area contributed by atoms with E-state index in [-0.39, 0.29) is 22.3 Å². The zero-order chi connectivity index (χ0) is 15.6. The summed E-state index contributed by atoms with van der Waals surface area (Å²) in [5.74, 6) is -2.27. The van der Waals surface area contributed by atoms with Gasteiger partial charge in [0.1, 0.15) is 5.92 Å². The Hall–Kier alpha value is -2.68. The Morgan fingerprint density at radius 2 is 1.67 bits per heavy atom. The van der Waals surface area contributed by atoms with E-state index >= 15 is 0 Å². The van der Waals surface area contributed by atoms with Crippen LogP contribution in [0.5, 0.6) is 0 Å². The minimum atomic E-state index is -1.09. The number of nitriles is 4. The van der Waals surface area contributed by atoms with Gasteiger partial charge in [-0.2, -0.15) is 21.0 Å². The highest BCUT2D eigenvalue weighted by Crippen LogP contribution is 2.45. The molecule has 0 amide bonds. The molecule has 1 aliphatic carbocycles. The monoisotopic (exact) mass is 384 g/mol. The number of rotatable bonds is 1. The fourth-order valence-corrected chi connectivity index (χ4v) is 3.13. The minimum Gasteiger partial charge on any atom is -0.289 e. The Kier molecular flexibility index (Phi) is 4.03. The number of hydrogen-bond donors (Lipinski definition) is 0. The lowest BCUT2D eigenvalue weighted by molar-refractivity contribution is 0.103. The molecule has 0 heterocycles. The van der Waals surface area contributed by atoms with Crippen LogP contribution in [0.2, 0.25) is 0 Å². The summed E-state index contributed by atoms with van der Waals surface area (Å²) < 4.78 is 1.51. The van der Waals surface area contributed by atoms with E-state index in [1.54, 1.807) is 0 Å². The van der Waals surface area contributed by atoms with Crippen LogP contribution < -0.4 is 0 Å². The highest BCUT2D eigenvalue weighted by molar-refractivity contribution is 14.1. The average molecular weight is 384 g/mol. The number of Topliss-reactive ketones (excluding diaryl/α,β-unsaturated/α-hetero) is 1. The normalized spacial score (nSPS) is 17.7. The largest absolute Gasteiger partial charge is 0.289 e. The summed E-state index contributed by atoms with van der Waals surface area (Å²) in [5.41, 5.74) is 1.10. The maximum atomic E-state index is 12.5. The first-order valence-corrected chi connectivity index (χ1v) is 7.00. The molecule has 21 heavy (non-hydrogen) atoms. The quantitative estimate of drug-likeness (QED) is 0.546. The summed E-state index contributed by atoms with van der Waals surface area (Å²) in [4.78, 5) is 12.5. The van der Waals surface area contributed by atoms with Crippen molar-refractivity contribution in [3.8, 4) is 24.3 Å². The highest BCUT2D eigenvalue weighted by atomic mass is 127. The van der Waals surface area contributed by atoms with E-state index in [4.69, 9.17) is 15.8 Å². The first-order chi connectivity index (χ1) is 10.1. The zero-order valence-corrected chi connectivity index (χ0v) is 12.6. The summed E-state index contributed by atoms with van der Waals surface area (Å²) in [7, 11) is 0. The van der Waals surface area contributed by atoms with Crippen LogP contribution in [0, 0.1) is 51.2 Å². The molecule has 0 radical (unpaired) electrons. The van der Waals surface area contributed by atoms with E-state index < -0.39 is 17.6 Å². The van der Waals surface area contributed by atoms with Crippen molar-refractivity contribution in [2.45, 2.75) is 5.92 Å². The number of nitrogens with zero attached hydrogens (tertiary/aromatic N) is 4. The number of carbonyl (C=O) groups is 1. The molecule has 98 valence electrons. The number of ketones is 1. The maximum absolute atomic E-state index is 12.5. The molecule has 1 atom stereocenters. The van der Waals surface area contributed by atoms with Gasteiger partial charge in [0.2, 0.25) is 0 Å². The molecular weight excluding hydrogens is 379 g/mol. The molecule has 6 heteroatoms. The van der Waals surface area contributed by atoms with E-state index in [0.717, 1.165) is 0 Å². The van der Waals surface area contributed by atoms with Crippen LogP contribution in [0.15, 0.2) is 21.8 Å². The molecule has 0 N–H and O–H groups in total. The van der Waals surface area contributed by atoms with Gasteiger partial charge in [0.05, 0.1) is 35.4 Å². The second-order valence-corrected chi connectivity index (χ2v) is 4.90. The van der Waals surface area contributed by atoms with E-state index in [1.165, 1.54) is 16.2 Å². The first-order valence-electron chi connectivity index (χ1n) is 5.75. The molecule has 1 aromatic carbocycles. The molecule has 1 unspecified atom stereocenters. The summed E-state index contributed by atoms with van der Waals surface area (Å²) in [6, 6.07) is 10.5. The number of hydrogen-bond acceptors (Lipinski definition) is 5. The lowest BCUT2D eigenvalue weighted by atomic mass is 9.84. The van der Waals surface area contributed by atoms with Gasteiger partial charge in [-0.3, -0.25) is 4.79 Å². The van der Waals surface area contributed by atoms with Gasteiger partial charge in [0, 0.05) is 17.1 Å². The average Bonchev–Trinajstić information content (AvgIpc) is 2.81. The van der Waals surface area contributed by atoms with Gasteiger partial charge in [-0.1, -0.05) is 22.6 Å². The third-order valence-corrected chi connectivity index (χ3v) is 4.02. The van der Waals surface area contributed by atoms with Gasteiger partial charge in [-0.05, 0) is 21.8 Å². The van der Waals surface area contributed by atoms with E-state index in [0.29, 0.717) is 5.56 Å². The molecule has 0 aliphatic heterocycles. The van der Waals surface area contributed by atoms with Crippen molar-refractivity contribution in [2.75, 3.05) is 0 Å². The second-order valence-electron chi connectivity index (χ2n) is 4.28. The molecule has 0 saturated heterocycles. The molecule has 0 spiro atoms. The smallest absolute Gasteiger partial charge is 0.191 e. The molecule has 0 aromatic heterocycles. The Labute approximate surface area is 134 Å². The van der Waals surface area contributed by atoms with Crippen molar-refractivity contribution in [1.29, 1.82) is 21.0 Å². The van der Waals surface area contributed by atoms with Crippen molar-refractivity contribution in [3.63, 3.8) is 0 Å². The summed E-state index contributed by atoms with van der Waals surface area (Å²) in [6.07, 6.45) is 0. The summed E-state index contributed by atoms with van der Waals surface area (Å²) in [6.45, 7) is 0. The standard InChI is InChI=1S/C15H5IN4O/c16-3-11-12(10(6-19)7-20)13-8(4-17)1-2-9(5-18)14(13)15(11)21/h1-3,10,12H/b11-3+. The van der Waals surface area contributed by atoms with Crippen LogP contribution in [-0.2, 0) is 0 Å². The van der Waals surface area contributed by atoms with Gasteiger partial charge in [-0.25, -0.2) is 0 Å². The van der Waals surface area contributed by atoms with Crippen molar-refractivity contribution >= 4 is 28.4 Å². The lowest BCUT2D eigenvalue weighted by Gasteiger charge is -2.13. The summed E-state index contributed by atoms with van der Waals surface area (Å²) >= 11 is 1.86. The van der Waals surface area contributed by atoms with Gasteiger partial charge in [-0.15, -0.1) is 0 Å². The molecule has 1 aromatic rings. The Morgan fingerprint density at radius 1 is 1.10 bits per heavy atom. The molecule has 5 nitrogen and oxygen atoms in total. The molecular formula is C15H5IN4O. The predicted octanol–water partition coefficient (Wildman–Crippen LogP) is 2.69. The van der Waals surface area contributed by atoms with Crippen molar-refractivity contribution in [3.05, 3.63) is 44.0 Å². The fourth-order valence-electron chi connectivity index (χ4n) is 2.46. The second kappa shape index (κ2) is 5.75. The predicted molar refractivity (Wildman–Crippen MR) is 79.8 cm³/mol. The summed E-state index contributed by atoms with van der Waals surface area (Å²) in [5, 5.41) is 36.6. The Balaban J connectivity index is 2.90. The minimum absolute atomic E-state index is 0.139. The van der Waals surface area contributed by atoms with Crippen LogP contribution in [0.4, 0.5) is 0 Å². The van der Waals surface area contributed by atoms with E-state index in [2.05, 4.69) is 0 Å². The Morgan fingerprint density at radius 3 is 2.14 bits per heavy atom. The zero-order valence-electron chi connectivity index (χ0n) is 10.5. The number of carbonyl (C=O) groups excluding carboxylic acids is 1. The van der Waals surface area contributed by atoms with Crippen LogP contribution in [0.25, 0.3) is 0 Å². The lowest BCUT2D eigenvalue weighted by Crippen LogP contribution is -2.10. The third kappa shape index (κ3) is 2.07. The number of allylic oxidation sites excluding steroid dienone is 1. The molecule has 0 bridgehead atoms. The van der Waals surface area contributed by atoms with E-state index in [9.17, 15) is 10.1 Å². The number of benzene rings is 1. The topological polar surface area (TPSA) is 112 Å². The van der Waals surface area contributed by atoms with Gasteiger partial charge in [0.15, 0.2) is 5.78 Å². The Bertz CT molecular complexity index is 829. The van der Waals surface area contributed by atoms with Crippen molar-refractivity contribution < 1.29 is 4.79 Å². The maximum Gasteiger partial charge on any atom is 0.191 e. The SMILES string of the molecule is N#Cc1ccc(C#N)c2c1C(=O)/C(=C/I)C2C(C#N)C#N. The third-order valence-electron chi connectivity index (χ3n) is 3.35. The van der Waals surface area contributed by atoms with E-state index in [1.807, 2.05) is 46.9 Å².